The van der Waals surface area contributed by atoms with Gasteiger partial charge in [0.15, 0.2) is 0 Å². The number of carbonyl (C=O) groups excluding carboxylic acids is 1. The molecule has 1 amide bonds. The summed E-state index contributed by atoms with van der Waals surface area (Å²) in [4.78, 5) is 12.0. The van der Waals surface area contributed by atoms with E-state index in [1.807, 2.05) is 6.92 Å². The Morgan fingerprint density at radius 1 is 1.29 bits per heavy atom. The average Bonchev–Trinajstić information content (AvgIpc) is 3.22. The highest BCUT2D eigenvalue weighted by atomic mass is 32.2. The van der Waals surface area contributed by atoms with Crippen molar-refractivity contribution in [2.24, 2.45) is 5.10 Å². The maximum Gasteiger partial charge on any atom is 0.323 e. The SMILES string of the molecule is CCOc1cc(/C=N/NC(=O)CSc2n[nH+]c(SCc3ccc(C)cc3)s2)ccc1[O-]. The molecule has 1 heterocycles. The second-order valence-corrected chi connectivity index (χ2v) is 9.84. The van der Waals surface area contributed by atoms with E-state index in [9.17, 15) is 9.90 Å². The predicted molar refractivity (Wildman–Crippen MR) is 123 cm³/mol. The molecule has 0 unspecified atom stereocenters. The molecule has 0 aliphatic rings. The van der Waals surface area contributed by atoms with Gasteiger partial charge in [-0.15, -0.1) is 0 Å². The third-order valence-electron chi connectivity index (χ3n) is 3.91. The predicted octanol–water partition coefficient (Wildman–Crippen LogP) is 3.27. The summed E-state index contributed by atoms with van der Waals surface area (Å²) in [6.07, 6.45) is 1.47. The highest BCUT2D eigenvalue weighted by molar-refractivity contribution is 8.03. The van der Waals surface area contributed by atoms with Crippen molar-refractivity contribution in [2.45, 2.75) is 28.3 Å². The number of hydrogen-bond acceptors (Lipinski definition) is 8. The number of benzene rings is 2. The number of carbonyl (C=O) groups is 1. The van der Waals surface area contributed by atoms with Crippen LogP contribution in [-0.2, 0) is 10.5 Å². The molecule has 0 aliphatic carbocycles. The van der Waals surface area contributed by atoms with Crippen LogP contribution in [-0.4, -0.2) is 29.6 Å². The number of ether oxygens (including phenoxy) is 1. The number of nitrogens with one attached hydrogen (secondary N) is 2. The van der Waals surface area contributed by atoms with Gasteiger partial charge in [-0.2, -0.15) is 5.10 Å². The number of amides is 1. The normalized spacial score (nSPS) is 11.0. The zero-order chi connectivity index (χ0) is 22.1. The minimum Gasteiger partial charge on any atom is -0.870 e. The Labute approximate surface area is 193 Å². The Morgan fingerprint density at radius 2 is 2.10 bits per heavy atom. The number of thioether (sulfide) groups is 2. The van der Waals surface area contributed by atoms with E-state index in [1.54, 1.807) is 23.9 Å². The van der Waals surface area contributed by atoms with Crippen LogP contribution in [0.4, 0.5) is 0 Å². The van der Waals surface area contributed by atoms with Crippen molar-refractivity contribution in [3.63, 3.8) is 0 Å². The zero-order valence-corrected chi connectivity index (χ0v) is 19.5. The zero-order valence-electron chi connectivity index (χ0n) is 17.1. The highest BCUT2D eigenvalue weighted by Crippen LogP contribution is 2.28. The molecule has 0 fully saturated rings. The fourth-order valence-corrected chi connectivity index (χ4v) is 5.23. The molecule has 0 spiro atoms. The molecular formula is C21H22N4O3S3. The van der Waals surface area contributed by atoms with Crippen LogP contribution in [0.15, 0.2) is 56.2 Å². The Balaban J connectivity index is 1.42. The number of aromatic nitrogens is 2. The quantitative estimate of drug-likeness (QED) is 0.275. The number of hydrazone groups is 1. The summed E-state index contributed by atoms with van der Waals surface area (Å²) in [6.45, 7) is 4.29. The summed E-state index contributed by atoms with van der Waals surface area (Å²) in [7, 11) is 0. The Morgan fingerprint density at radius 3 is 2.87 bits per heavy atom. The van der Waals surface area contributed by atoms with Gasteiger partial charge in [-0.3, -0.25) is 4.79 Å². The number of H-pyrrole nitrogens is 1. The molecule has 10 heteroatoms. The maximum absolute atomic E-state index is 12.0. The first-order valence-electron chi connectivity index (χ1n) is 9.49. The van der Waals surface area contributed by atoms with Crippen molar-refractivity contribution < 1.29 is 19.7 Å². The van der Waals surface area contributed by atoms with Crippen LogP contribution in [0.5, 0.6) is 11.5 Å². The lowest BCUT2D eigenvalue weighted by Crippen LogP contribution is -2.19. The first-order valence-corrected chi connectivity index (χ1v) is 12.3. The minimum atomic E-state index is -0.240. The van der Waals surface area contributed by atoms with Crippen LogP contribution in [0.2, 0.25) is 0 Å². The molecule has 0 bridgehead atoms. The Bertz CT molecular complexity index is 1040. The van der Waals surface area contributed by atoms with E-state index >= 15 is 0 Å². The third kappa shape index (κ3) is 7.57. The number of rotatable bonds is 10. The number of hydrogen-bond donors (Lipinski definition) is 1. The first-order chi connectivity index (χ1) is 15.0. The standard InChI is InChI=1S/C21H22N4O3S3/c1-3-28-18-10-16(8-9-17(18)26)11-22-23-19(27)13-30-21-25-24-20(31-21)29-12-15-6-4-14(2)5-7-15/h4-11,26H,3,12-13H2,1-2H3,(H,23,27)/b22-11+. The van der Waals surface area contributed by atoms with E-state index in [0.29, 0.717) is 12.2 Å². The second kappa shape index (κ2) is 11.7. The molecule has 2 N–H and O–H groups in total. The Kier molecular flexibility index (Phi) is 8.74. The van der Waals surface area contributed by atoms with Gasteiger partial charge in [0.1, 0.15) is 5.75 Å². The van der Waals surface area contributed by atoms with E-state index in [1.165, 1.54) is 46.5 Å². The summed E-state index contributed by atoms with van der Waals surface area (Å²) < 4.78 is 7.05. The first kappa shape index (κ1) is 23.1. The number of aromatic amines is 1. The van der Waals surface area contributed by atoms with Crippen LogP contribution < -0.4 is 20.4 Å². The molecule has 0 atom stereocenters. The molecule has 162 valence electrons. The summed E-state index contributed by atoms with van der Waals surface area (Å²) in [6, 6.07) is 13.1. The van der Waals surface area contributed by atoms with Crippen molar-refractivity contribution in [3.8, 4) is 11.5 Å². The smallest absolute Gasteiger partial charge is 0.323 e. The van der Waals surface area contributed by atoms with Gasteiger partial charge in [0.2, 0.25) is 4.34 Å². The minimum absolute atomic E-state index is 0.184. The molecule has 0 aliphatic heterocycles. The van der Waals surface area contributed by atoms with E-state index < -0.39 is 0 Å². The van der Waals surface area contributed by atoms with Crippen molar-refractivity contribution >= 4 is 47.0 Å². The van der Waals surface area contributed by atoms with Gasteiger partial charge in [-0.1, -0.05) is 64.6 Å². The fourth-order valence-electron chi connectivity index (χ4n) is 2.38. The van der Waals surface area contributed by atoms with Crippen molar-refractivity contribution in [3.05, 3.63) is 59.2 Å². The molecule has 31 heavy (non-hydrogen) atoms. The van der Waals surface area contributed by atoms with Crippen molar-refractivity contribution in [2.75, 3.05) is 12.4 Å². The second-order valence-electron chi connectivity index (χ2n) is 6.37. The van der Waals surface area contributed by atoms with Gasteiger partial charge in [0.05, 0.1) is 18.6 Å². The molecule has 0 saturated heterocycles. The third-order valence-corrected chi connectivity index (χ3v) is 7.23. The van der Waals surface area contributed by atoms with Gasteiger partial charge in [0, 0.05) is 10.9 Å². The van der Waals surface area contributed by atoms with Crippen LogP contribution >= 0.6 is 34.9 Å². The van der Waals surface area contributed by atoms with Crippen LogP contribution in [0.3, 0.4) is 0 Å². The largest absolute Gasteiger partial charge is 0.870 e. The van der Waals surface area contributed by atoms with Crippen LogP contribution in [0.1, 0.15) is 23.6 Å². The van der Waals surface area contributed by atoms with E-state index in [4.69, 9.17) is 4.74 Å². The van der Waals surface area contributed by atoms with E-state index in [0.717, 1.165) is 14.4 Å². The average molecular weight is 475 g/mol. The molecule has 0 radical (unpaired) electrons. The Hall–Kier alpha value is -2.56. The highest BCUT2D eigenvalue weighted by Gasteiger charge is 2.13. The topological polar surface area (TPSA) is 101 Å². The molecule has 2 aromatic carbocycles. The molecular weight excluding hydrogens is 452 g/mol. The van der Waals surface area contributed by atoms with Gasteiger partial charge in [-0.25, -0.2) is 5.43 Å². The lowest BCUT2D eigenvalue weighted by atomic mass is 10.2. The summed E-state index contributed by atoms with van der Waals surface area (Å²) in [5.41, 5.74) is 5.64. The lowest BCUT2D eigenvalue weighted by Gasteiger charge is -2.13. The van der Waals surface area contributed by atoms with Gasteiger partial charge >= 0.3 is 4.34 Å². The van der Waals surface area contributed by atoms with Crippen LogP contribution in [0, 0.1) is 6.92 Å². The molecule has 3 aromatic rings. The molecule has 1 aromatic heterocycles. The van der Waals surface area contributed by atoms with E-state index in [-0.39, 0.29) is 23.2 Å². The summed E-state index contributed by atoms with van der Waals surface area (Å²) >= 11 is 4.55. The van der Waals surface area contributed by atoms with Crippen molar-refractivity contribution in [1.29, 1.82) is 0 Å². The number of nitrogens with zero attached hydrogens (tertiary/aromatic N) is 2. The number of aryl methyl sites for hydroxylation is 1. The van der Waals surface area contributed by atoms with Gasteiger partial charge in [0.25, 0.3) is 5.91 Å². The van der Waals surface area contributed by atoms with Gasteiger partial charge < -0.3 is 9.84 Å². The lowest BCUT2D eigenvalue weighted by molar-refractivity contribution is -0.492. The summed E-state index contributed by atoms with van der Waals surface area (Å²) in [5.74, 6) is 0.900. The maximum atomic E-state index is 12.0. The molecule has 0 saturated carbocycles. The van der Waals surface area contributed by atoms with Crippen molar-refractivity contribution in [1.82, 2.24) is 10.5 Å². The fraction of sp³-hybridized carbons (Fsp3) is 0.238. The molecule has 3 rings (SSSR count). The van der Waals surface area contributed by atoms with E-state index in [2.05, 4.69) is 51.9 Å². The van der Waals surface area contributed by atoms with Crippen LogP contribution in [0.25, 0.3) is 0 Å². The monoisotopic (exact) mass is 474 g/mol. The summed E-state index contributed by atoms with van der Waals surface area (Å²) in [5, 5.41) is 22.8. The van der Waals surface area contributed by atoms with Gasteiger partial charge in [-0.05, 0) is 54.1 Å². The molecule has 7 nitrogen and oxygen atoms in total.